The molecule has 0 aliphatic rings. The van der Waals surface area contributed by atoms with Gasteiger partial charge in [-0.25, -0.2) is 0 Å². The average Bonchev–Trinajstić information content (AvgIpc) is 2.67. The lowest BCUT2D eigenvalue weighted by Crippen LogP contribution is -2.25. The summed E-state index contributed by atoms with van der Waals surface area (Å²) < 4.78 is 0. The Balaban J connectivity index is 1.76. The van der Waals surface area contributed by atoms with E-state index in [2.05, 4.69) is 41.5 Å². The van der Waals surface area contributed by atoms with Crippen molar-refractivity contribution in [3.63, 3.8) is 0 Å². The number of hydrogen-bond donors (Lipinski definition) is 1. The Morgan fingerprint density at radius 2 is 1.76 bits per heavy atom. The zero-order chi connectivity index (χ0) is 17.5. The monoisotopic (exact) mass is 330 g/mol. The number of pyridine rings is 1. The second kappa shape index (κ2) is 8.25. The van der Waals surface area contributed by atoms with E-state index in [9.17, 15) is 4.79 Å². The lowest BCUT2D eigenvalue weighted by atomic mass is 9.86. The predicted molar refractivity (Wildman–Crippen MR) is 100 cm³/mol. The highest BCUT2D eigenvalue weighted by Gasteiger charge is 2.19. The Morgan fingerprint density at radius 1 is 1.00 bits per heavy atom. The standard InChI is InChI=1S/C22H22N2O/c1-17-8-5-6-12-20(17)21(19-10-3-2-4-11-19)14-22(25)24-16-18-9-7-13-23-15-18/h2-13,15,21H,14,16H2,1H3,(H,24,25). The van der Waals surface area contributed by atoms with Crippen LogP contribution in [0.2, 0.25) is 0 Å². The summed E-state index contributed by atoms with van der Waals surface area (Å²) in [6, 6.07) is 22.3. The summed E-state index contributed by atoms with van der Waals surface area (Å²) in [6.45, 7) is 2.60. The van der Waals surface area contributed by atoms with E-state index < -0.39 is 0 Å². The fourth-order valence-electron chi connectivity index (χ4n) is 3.03. The van der Waals surface area contributed by atoms with Gasteiger partial charge in [0.25, 0.3) is 0 Å². The highest BCUT2D eigenvalue weighted by Crippen LogP contribution is 2.30. The van der Waals surface area contributed by atoms with Crippen LogP contribution >= 0.6 is 0 Å². The maximum Gasteiger partial charge on any atom is 0.221 e. The predicted octanol–water partition coefficient (Wildman–Crippen LogP) is 4.23. The first kappa shape index (κ1) is 16.9. The van der Waals surface area contributed by atoms with Crippen LogP contribution in [-0.2, 0) is 11.3 Å². The van der Waals surface area contributed by atoms with Crippen LogP contribution in [0.15, 0.2) is 79.1 Å². The van der Waals surface area contributed by atoms with Gasteiger partial charge >= 0.3 is 0 Å². The van der Waals surface area contributed by atoms with Crippen molar-refractivity contribution >= 4 is 5.91 Å². The number of benzene rings is 2. The van der Waals surface area contributed by atoms with Gasteiger partial charge in [-0.3, -0.25) is 9.78 Å². The second-order valence-corrected chi connectivity index (χ2v) is 6.16. The van der Waals surface area contributed by atoms with E-state index in [0.717, 1.165) is 11.1 Å². The zero-order valence-corrected chi connectivity index (χ0v) is 14.4. The Kier molecular flexibility index (Phi) is 5.57. The normalized spacial score (nSPS) is 11.7. The fraction of sp³-hybridized carbons (Fsp3) is 0.182. The van der Waals surface area contributed by atoms with Crippen LogP contribution in [0.3, 0.4) is 0 Å². The molecule has 25 heavy (non-hydrogen) atoms. The number of nitrogens with one attached hydrogen (secondary N) is 1. The summed E-state index contributed by atoms with van der Waals surface area (Å²) in [7, 11) is 0. The van der Waals surface area contributed by atoms with E-state index in [1.54, 1.807) is 12.4 Å². The maximum atomic E-state index is 12.6. The Labute approximate surface area is 148 Å². The SMILES string of the molecule is Cc1ccccc1C(CC(=O)NCc1cccnc1)c1ccccc1. The maximum absolute atomic E-state index is 12.6. The van der Waals surface area contributed by atoms with Crippen molar-refractivity contribution in [2.45, 2.75) is 25.8 Å². The van der Waals surface area contributed by atoms with Crippen molar-refractivity contribution in [1.29, 1.82) is 0 Å². The summed E-state index contributed by atoms with van der Waals surface area (Å²) in [4.78, 5) is 16.6. The molecule has 3 rings (SSSR count). The lowest BCUT2D eigenvalue weighted by molar-refractivity contribution is -0.121. The van der Waals surface area contributed by atoms with E-state index in [0.29, 0.717) is 13.0 Å². The molecule has 1 N–H and O–H groups in total. The van der Waals surface area contributed by atoms with Gasteiger partial charge in [0.15, 0.2) is 0 Å². The molecule has 1 aromatic heterocycles. The molecular weight excluding hydrogens is 308 g/mol. The molecule has 0 saturated carbocycles. The zero-order valence-electron chi connectivity index (χ0n) is 14.4. The first-order valence-electron chi connectivity index (χ1n) is 8.50. The van der Waals surface area contributed by atoms with Crippen molar-refractivity contribution in [2.75, 3.05) is 0 Å². The largest absolute Gasteiger partial charge is 0.352 e. The number of carbonyl (C=O) groups excluding carboxylic acids is 1. The van der Waals surface area contributed by atoms with Crippen LogP contribution < -0.4 is 5.32 Å². The molecule has 0 saturated heterocycles. The van der Waals surface area contributed by atoms with Gasteiger partial charge in [0, 0.05) is 31.3 Å². The quantitative estimate of drug-likeness (QED) is 0.735. The van der Waals surface area contributed by atoms with E-state index in [-0.39, 0.29) is 11.8 Å². The van der Waals surface area contributed by atoms with Gasteiger partial charge in [0.1, 0.15) is 0 Å². The molecule has 0 fully saturated rings. The Morgan fingerprint density at radius 3 is 2.48 bits per heavy atom. The van der Waals surface area contributed by atoms with Crippen LogP contribution in [0, 0.1) is 6.92 Å². The number of aryl methyl sites for hydroxylation is 1. The number of rotatable bonds is 6. The lowest BCUT2D eigenvalue weighted by Gasteiger charge is -2.20. The summed E-state index contributed by atoms with van der Waals surface area (Å²) in [5.74, 6) is 0.0947. The van der Waals surface area contributed by atoms with E-state index in [1.807, 2.05) is 42.5 Å². The summed E-state index contributed by atoms with van der Waals surface area (Å²) in [5.41, 5.74) is 4.57. The van der Waals surface area contributed by atoms with Crippen LogP contribution in [-0.4, -0.2) is 10.9 Å². The van der Waals surface area contributed by atoms with Gasteiger partial charge < -0.3 is 5.32 Å². The van der Waals surface area contributed by atoms with Gasteiger partial charge in [-0.1, -0.05) is 60.7 Å². The molecule has 1 heterocycles. The van der Waals surface area contributed by atoms with Crippen LogP contribution in [0.25, 0.3) is 0 Å². The third kappa shape index (κ3) is 4.54. The van der Waals surface area contributed by atoms with Crippen molar-refractivity contribution in [3.05, 3.63) is 101 Å². The fourth-order valence-corrected chi connectivity index (χ4v) is 3.03. The van der Waals surface area contributed by atoms with Crippen molar-refractivity contribution in [3.8, 4) is 0 Å². The number of amides is 1. The smallest absolute Gasteiger partial charge is 0.221 e. The molecular formula is C22H22N2O. The number of aromatic nitrogens is 1. The Hall–Kier alpha value is -2.94. The molecule has 0 spiro atoms. The van der Waals surface area contributed by atoms with Gasteiger partial charge in [-0.15, -0.1) is 0 Å². The molecule has 0 bridgehead atoms. The topological polar surface area (TPSA) is 42.0 Å². The second-order valence-electron chi connectivity index (χ2n) is 6.16. The first-order chi connectivity index (χ1) is 12.2. The minimum atomic E-state index is 0.0426. The molecule has 0 radical (unpaired) electrons. The Bertz CT molecular complexity index is 816. The van der Waals surface area contributed by atoms with E-state index in [1.165, 1.54) is 11.1 Å². The van der Waals surface area contributed by atoms with E-state index in [4.69, 9.17) is 0 Å². The third-order valence-corrected chi connectivity index (χ3v) is 4.37. The van der Waals surface area contributed by atoms with Crippen molar-refractivity contribution in [1.82, 2.24) is 10.3 Å². The minimum Gasteiger partial charge on any atom is -0.352 e. The molecule has 1 amide bonds. The molecule has 3 heteroatoms. The van der Waals surface area contributed by atoms with Gasteiger partial charge in [-0.2, -0.15) is 0 Å². The first-order valence-corrected chi connectivity index (χ1v) is 8.50. The molecule has 0 aliphatic heterocycles. The molecule has 3 nitrogen and oxygen atoms in total. The van der Waals surface area contributed by atoms with Crippen LogP contribution in [0.1, 0.15) is 34.6 Å². The molecule has 126 valence electrons. The van der Waals surface area contributed by atoms with Gasteiger partial charge in [0.2, 0.25) is 5.91 Å². The van der Waals surface area contributed by atoms with Gasteiger partial charge in [0.05, 0.1) is 0 Å². The van der Waals surface area contributed by atoms with Crippen LogP contribution in [0.5, 0.6) is 0 Å². The summed E-state index contributed by atoms with van der Waals surface area (Å²) in [5, 5.41) is 3.01. The van der Waals surface area contributed by atoms with Crippen molar-refractivity contribution < 1.29 is 4.79 Å². The molecule has 2 aromatic carbocycles. The number of hydrogen-bond acceptors (Lipinski definition) is 2. The van der Waals surface area contributed by atoms with E-state index >= 15 is 0 Å². The molecule has 0 aliphatic carbocycles. The number of nitrogens with zero attached hydrogens (tertiary/aromatic N) is 1. The minimum absolute atomic E-state index is 0.0426. The molecule has 3 aromatic rings. The summed E-state index contributed by atoms with van der Waals surface area (Å²) >= 11 is 0. The van der Waals surface area contributed by atoms with Gasteiger partial charge in [-0.05, 0) is 35.2 Å². The third-order valence-electron chi connectivity index (χ3n) is 4.37. The highest BCUT2D eigenvalue weighted by molar-refractivity contribution is 5.77. The number of carbonyl (C=O) groups is 1. The molecule has 1 unspecified atom stereocenters. The average molecular weight is 330 g/mol. The molecule has 1 atom stereocenters. The summed E-state index contributed by atoms with van der Waals surface area (Å²) in [6.07, 6.45) is 3.93. The van der Waals surface area contributed by atoms with Crippen LogP contribution in [0.4, 0.5) is 0 Å². The highest BCUT2D eigenvalue weighted by atomic mass is 16.1. The van der Waals surface area contributed by atoms with Crippen molar-refractivity contribution in [2.24, 2.45) is 0 Å².